The summed E-state index contributed by atoms with van der Waals surface area (Å²) in [4.78, 5) is 4.54. The van der Waals surface area contributed by atoms with Gasteiger partial charge in [0.1, 0.15) is 0 Å². The minimum Gasteiger partial charge on any atom is -0.374 e. The van der Waals surface area contributed by atoms with Gasteiger partial charge in [0.05, 0.1) is 6.10 Å². The third-order valence-electron chi connectivity index (χ3n) is 2.98. The van der Waals surface area contributed by atoms with E-state index >= 15 is 0 Å². The molecule has 4 heteroatoms. The van der Waals surface area contributed by atoms with Crippen LogP contribution in [0.25, 0.3) is 0 Å². The van der Waals surface area contributed by atoms with Gasteiger partial charge in [0.15, 0.2) is 5.96 Å². The van der Waals surface area contributed by atoms with E-state index < -0.39 is 0 Å². The van der Waals surface area contributed by atoms with Crippen molar-refractivity contribution in [2.24, 2.45) is 4.99 Å². The molecule has 0 saturated heterocycles. The van der Waals surface area contributed by atoms with Crippen LogP contribution < -0.4 is 10.6 Å². The topological polar surface area (TPSA) is 45.7 Å². The first-order valence-corrected chi connectivity index (χ1v) is 7.84. The number of aliphatic imine (C=N–C) groups is 1. The first kappa shape index (κ1) is 17.5. The molecule has 4 nitrogen and oxygen atoms in total. The van der Waals surface area contributed by atoms with Crippen LogP contribution >= 0.6 is 0 Å². The summed E-state index contributed by atoms with van der Waals surface area (Å²) in [5, 5.41) is 6.54. The highest BCUT2D eigenvalue weighted by Gasteiger charge is 2.04. The summed E-state index contributed by atoms with van der Waals surface area (Å²) in [6.07, 6.45) is 1.06. The van der Waals surface area contributed by atoms with E-state index in [0.717, 1.165) is 32.1 Å². The van der Waals surface area contributed by atoms with Crippen molar-refractivity contribution in [3.8, 4) is 0 Å². The molecule has 1 rings (SSSR count). The molecule has 2 N–H and O–H groups in total. The third-order valence-corrected chi connectivity index (χ3v) is 2.98. The third kappa shape index (κ3) is 7.71. The van der Waals surface area contributed by atoms with Crippen molar-refractivity contribution in [2.75, 3.05) is 19.7 Å². The summed E-state index contributed by atoms with van der Waals surface area (Å²) < 4.78 is 5.84. The van der Waals surface area contributed by atoms with Gasteiger partial charge in [-0.3, -0.25) is 4.99 Å². The fourth-order valence-electron chi connectivity index (χ4n) is 1.93. The summed E-state index contributed by atoms with van der Waals surface area (Å²) in [6.45, 7) is 10.7. The van der Waals surface area contributed by atoms with Crippen molar-refractivity contribution in [3.05, 3.63) is 35.9 Å². The van der Waals surface area contributed by atoms with Crippen LogP contribution in [-0.4, -0.2) is 31.7 Å². The molecule has 0 heterocycles. The zero-order valence-corrected chi connectivity index (χ0v) is 13.7. The molecule has 0 amide bonds. The Kier molecular flexibility index (Phi) is 8.51. The van der Waals surface area contributed by atoms with E-state index in [2.05, 4.69) is 55.5 Å². The Bertz CT molecular complexity index is 404. The van der Waals surface area contributed by atoms with Crippen molar-refractivity contribution >= 4 is 5.96 Å². The number of ether oxygens (including phenoxy) is 1. The Balaban J connectivity index is 2.26. The number of nitrogens with zero attached hydrogens (tertiary/aromatic N) is 1. The number of hydrogen-bond donors (Lipinski definition) is 2. The second-order valence-corrected chi connectivity index (χ2v) is 5.34. The molecule has 1 unspecified atom stereocenters. The summed E-state index contributed by atoms with van der Waals surface area (Å²) in [7, 11) is 0. The molecule has 21 heavy (non-hydrogen) atoms. The fourth-order valence-corrected chi connectivity index (χ4v) is 1.93. The van der Waals surface area contributed by atoms with Gasteiger partial charge in [0.25, 0.3) is 0 Å². The minimum atomic E-state index is 0.136. The van der Waals surface area contributed by atoms with Crippen molar-refractivity contribution < 1.29 is 4.74 Å². The Labute approximate surface area is 129 Å². The lowest BCUT2D eigenvalue weighted by Crippen LogP contribution is -2.41. The predicted molar refractivity (Wildman–Crippen MR) is 89.7 cm³/mol. The Hall–Kier alpha value is -1.55. The van der Waals surface area contributed by atoms with Crippen LogP contribution in [-0.2, 0) is 4.74 Å². The lowest BCUT2D eigenvalue weighted by Gasteiger charge is -2.15. The van der Waals surface area contributed by atoms with Gasteiger partial charge in [0, 0.05) is 25.7 Å². The van der Waals surface area contributed by atoms with Crippen LogP contribution in [0.2, 0.25) is 0 Å². The maximum atomic E-state index is 5.84. The first-order valence-electron chi connectivity index (χ1n) is 7.84. The molecule has 118 valence electrons. The smallest absolute Gasteiger partial charge is 0.191 e. The van der Waals surface area contributed by atoms with Crippen LogP contribution in [0.15, 0.2) is 35.3 Å². The largest absolute Gasteiger partial charge is 0.374 e. The van der Waals surface area contributed by atoms with E-state index in [4.69, 9.17) is 4.74 Å². The van der Waals surface area contributed by atoms with Crippen LogP contribution in [0, 0.1) is 0 Å². The normalized spacial score (nSPS) is 13.3. The average Bonchev–Trinajstić information content (AvgIpc) is 2.47. The van der Waals surface area contributed by atoms with Gasteiger partial charge in [0.2, 0.25) is 0 Å². The summed E-state index contributed by atoms with van der Waals surface area (Å²) in [5.41, 5.74) is 1.22. The second kappa shape index (κ2) is 10.2. The minimum absolute atomic E-state index is 0.136. The van der Waals surface area contributed by atoms with Crippen LogP contribution in [0.4, 0.5) is 0 Å². The van der Waals surface area contributed by atoms with Gasteiger partial charge in [-0.05, 0) is 39.7 Å². The maximum Gasteiger partial charge on any atom is 0.191 e. The molecule has 1 aromatic rings. The van der Waals surface area contributed by atoms with Crippen LogP contribution in [0.5, 0.6) is 0 Å². The van der Waals surface area contributed by atoms with Gasteiger partial charge in [-0.2, -0.15) is 0 Å². The highest BCUT2D eigenvalue weighted by Crippen LogP contribution is 2.15. The molecule has 0 aliphatic heterocycles. The fraction of sp³-hybridized carbons (Fsp3) is 0.588. The lowest BCUT2D eigenvalue weighted by molar-refractivity contribution is 0.0652. The number of guanidine groups is 1. The number of nitrogens with one attached hydrogen (secondary N) is 2. The van der Waals surface area contributed by atoms with Crippen molar-refractivity contribution in [3.63, 3.8) is 0 Å². The molecule has 0 aromatic heterocycles. The molecule has 1 aromatic carbocycles. The molecule has 0 aliphatic carbocycles. The number of benzene rings is 1. The van der Waals surface area contributed by atoms with E-state index in [1.807, 2.05) is 18.2 Å². The molecular formula is C17H29N3O. The molecule has 0 aliphatic rings. The molecule has 0 radical (unpaired) electrons. The zero-order valence-electron chi connectivity index (χ0n) is 13.7. The Morgan fingerprint density at radius 3 is 2.52 bits per heavy atom. The summed E-state index contributed by atoms with van der Waals surface area (Å²) in [6, 6.07) is 10.7. The molecule has 1 atom stereocenters. The Morgan fingerprint density at radius 2 is 1.90 bits per heavy atom. The monoisotopic (exact) mass is 291 g/mol. The Morgan fingerprint density at radius 1 is 1.19 bits per heavy atom. The van der Waals surface area contributed by atoms with E-state index in [-0.39, 0.29) is 6.10 Å². The molecule has 0 fully saturated rings. The number of rotatable bonds is 8. The van der Waals surface area contributed by atoms with Crippen molar-refractivity contribution in [1.82, 2.24) is 10.6 Å². The molecule has 0 spiro atoms. The molecule has 0 bridgehead atoms. The molecule has 0 saturated carbocycles. The van der Waals surface area contributed by atoms with Crippen molar-refractivity contribution in [1.29, 1.82) is 0 Å². The summed E-state index contributed by atoms with van der Waals surface area (Å²) in [5.74, 6) is 0.878. The standard InChI is InChI=1S/C17H29N3O/c1-5-18-17(20-14(2)3)19-12-9-13-21-15(4)16-10-7-6-8-11-16/h6-8,10-11,14-15H,5,9,12-13H2,1-4H3,(H2,18,19,20). The zero-order chi connectivity index (χ0) is 15.5. The first-order chi connectivity index (χ1) is 10.1. The maximum absolute atomic E-state index is 5.84. The van der Waals surface area contributed by atoms with E-state index in [1.165, 1.54) is 5.56 Å². The number of hydrogen-bond acceptors (Lipinski definition) is 2. The van der Waals surface area contributed by atoms with Crippen LogP contribution in [0.3, 0.4) is 0 Å². The van der Waals surface area contributed by atoms with E-state index in [1.54, 1.807) is 0 Å². The lowest BCUT2D eigenvalue weighted by atomic mass is 10.1. The SMILES string of the molecule is CCNC(=NCCCOC(C)c1ccccc1)NC(C)C. The predicted octanol–water partition coefficient (Wildman–Crippen LogP) is 3.12. The summed E-state index contributed by atoms with van der Waals surface area (Å²) >= 11 is 0. The van der Waals surface area contributed by atoms with E-state index in [0.29, 0.717) is 6.04 Å². The highest BCUT2D eigenvalue weighted by atomic mass is 16.5. The van der Waals surface area contributed by atoms with Gasteiger partial charge >= 0.3 is 0 Å². The second-order valence-electron chi connectivity index (χ2n) is 5.34. The quantitative estimate of drug-likeness (QED) is 0.439. The van der Waals surface area contributed by atoms with Gasteiger partial charge in [-0.25, -0.2) is 0 Å². The molecular weight excluding hydrogens is 262 g/mol. The van der Waals surface area contributed by atoms with Crippen LogP contribution in [0.1, 0.15) is 45.8 Å². The van der Waals surface area contributed by atoms with Gasteiger partial charge in [-0.15, -0.1) is 0 Å². The highest BCUT2D eigenvalue weighted by molar-refractivity contribution is 5.79. The van der Waals surface area contributed by atoms with Gasteiger partial charge in [-0.1, -0.05) is 30.3 Å². The average molecular weight is 291 g/mol. The van der Waals surface area contributed by atoms with Gasteiger partial charge < -0.3 is 15.4 Å². The van der Waals surface area contributed by atoms with E-state index in [9.17, 15) is 0 Å². The van der Waals surface area contributed by atoms with Crippen molar-refractivity contribution in [2.45, 2.75) is 46.3 Å².